The molecule has 1 aliphatic carbocycles. The summed E-state index contributed by atoms with van der Waals surface area (Å²) in [6.07, 6.45) is 1.20. The summed E-state index contributed by atoms with van der Waals surface area (Å²) in [6.45, 7) is 9.51. The van der Waals surface area contributed by atoms with E-state index in [1.807, 2.05) is 97.1 Å². The third-order valence-corrected chi connectivity index (χ3v) is 8.20. The maximum absolute atomic E-state index is 14.7. The lowest BCUT2D eigenvalue weighted by atomic mass is 9.98. The second kappa shape index (κ2) is 13.6. The molecule has 0 aromatic heterocycles. The summed E-state index contributed by atoms with van der Waals surface area (Å²) in [6, 6.07) is 29.2. The number of aryl methyl sites for hydroxylation is 1. The van der Waals surface area contributed by atoms with Gasteiger partial charge in [0.2, 0.25) is 5.91 Å². The Bertz CT molecular complexity index is 1650. The zero-order valence-corrected chi connectivity index (χ0v) is 26.7. The molecule has 4 unspecified atom stereocenters. The van der Waals surface area contributed by atoms with Crippen LogP contribution in [0.25, 0.3) is 10.8 Å². The largest absolute Gasteiger partial charge is 0.444 e. The van der Waals surface area contributed by atoms with Gasteiger partial charge in [0.15, 0.2) is 0 Å². The Balaban J connectivity index is 1.53. The van der Waals surface area contributed by atoms with Gasteiger partial charge in [0.25, 0.3) is 5.91 Å². The Kier molecular flexibility index (Phi) is 9.57. The number of carbonyl (C=O) groups is 3. The van der Waals surface area contributed by atoms with Crippen LogP contribution in [0.2, 0.25) is 0 Å². The number of alkyl carbamates (subject to hydrolysis) is 1. The molecular weight excluding hydrogens is 562 g/mol. The van der Waals surface area contributed by atoms with Gasteiger partial charge < -0.3 is 20.3 Å². The number of carbonyl (C=O) groups excluding carboxylic acids is 3. The number of rotatable bonds is 10. The van der Waals surface area contributed by atoms with Crippen molar-refractivity contribution in [2.75, 3.05) is 5.32 Å². The fraction of sp³-hybridized carbons (Fsp3) is 0.342. The molecule has 234 valence electrons. The van der Waals surface area contributed by atoms with Crippen molar-refractivity contribution >= 4 is 34.4 Å². The van der Waals surface area contributed by atoms with E-state index in [-0.39, 0.29) is 30.2 Å². The van der Waals surface area contributed by atoms with Gasteiger partial charge >= 0.3 is 6.09 Å². The van der Waals surface area contributed by atoms with Crippen LogP contribution in [0.4, 0.5) is 10.5 Å². The third-order valence-electron chi connectivity index (χ3n) is 8.20. The first-order chi connectivity index (χ1) is 21.5. The van der Waals surface area contributed by atoms with Crippen LogP contribution in [0.1, 0.15) is 63.8 Å². The Morgan fingerprint density at radius 2 is 1.51 bits per heavy atom. The molecule has 0 bridgehead atoms. The average Bonchev–Trinajstić information content (AvgIpc) is 3.74. The van der Waals surface area contributed by atoms with Crippen molar-refractivity contribution in [1.29, 1.82) is 0 Å². The number of hydrogen-bond donors (Lipinski definition) is 2. The van der Waals surface area contributed by atoms with E-state index in [0.29, 0.717) is 11.3 Å². The highest BCUT2D eigenvalue weighted by Crippen LogP contribution is 2.41. The van der Waals surface area contributed by atoms with Crippen molar-refractivity contribution in [3.63, 3.8) is 0 Å². The number of benzene rings is 4. The summed E-state index contributed by atoms with van der Waals surface area (Å²) >= 11 is 0. The van der Waals surface area contributed by atoms with Crippen molar-refractivity contribution in [3.05, 3.63) is 114 Å². The fourth-order valence-electron chi connectivity index (χ4n) is 5.70. The summed E-state index contributed by atoms with van der Waals surface area (Å²) in [5, 5.41) is 8.04. The summed E-state index contributed by atoms with van der Waals surface area (Å²) in [4.78, 5) is 43.8. The zero-order chi connectivity index (χ0) is 32.1. The second-order valence-corrected chi connectivity index (χ2v) is 13.0. The van der Waals surface area contributed by atoms with Gasteiger partial charge in [-0.05, 0) is 79.1 Å². The number of ether oxygens (including phenoxy) is 1. The summed E-state index contributed by atoms with van der Waals surface area (Å²) in [5.41, 5.74) is 2.66. The predicted molar refractivity (Wildman–Crippen MR) is 179 cm³/mol. The molecule has 5 rings (SSSR count). The molecule has 0 heterocycles. The summed E-state index contributed by atoms with van der Waals surface area (Å²) in [5.74, 6) is -0.422. The van der Waals surface area contributed by atoms with E-state index in [0.717, 1.165) is 34.7 Å². The zero-order valence-electron chi connectivity index (χ0n) is 26.7. The lowest BCUT2D eigenvalue weighted by Gasteiger charge is -2.35. The monoisotopic (exact) mass is 605 g/mol. The van der Waals surface area contributed by atoms with Gasteiger partial charge in [0.05, 0.1) is 0 Å². The van der Waals surface area contributed by atoms with E-state index in [1.54, 1.807) is 25.7 Å². The van der Waals surface area contributed by atoms with Crippen LogP contribution in [0.15, 0.2) is 97.1 Å². The normalized spacial score (nSPS) is 17.2. The van der Waals surface area contributed by atoms with E-state index < -0.39 is 23.8 Å². The molecule has 0 spiro atoms. The van der Waals surface area contributed by atoms with E-state index >= 15 is 0 Å². The first-order valence-corrected chi connectivity index (χ1v) is 15.8. The highest BCUT2D eigenvalue weighted by atomic mass is 16.6. The van der Waals surface area contributed by atoms with Crippen molar-refractivity contribution in [3.8, 4) is 0 Å². The van der Waals surface area contributed by atoms with E-state index in [4.69, 9.17) is 4.74 Å². The minimum Gasteiger partial charge on any atom is -0.444 e. The smallest absolute Gasteiger partial charge is 0.408 e. The highest BCUT2D eigenvalue weighted by Gasteiger charge is 2.48. The maximum Gasteiger partial charge on any atom is 0.408 e. The highest BCUT2D eigenvalue weighted by molar-refractivity contribution is 6.00. The van der Waals surface area contributed by atoms with Gasteiger partial charge in [0.1, 0.15) is 17.7 Å². The number of fused-ring (bicyclic) bond motifs is 1. The topological polar surface area (TPSA) is 87.7 Å². The van der Waals surface area contributed by atoms with Gasteiger partial charge in [0, 0.05) is 18.2 Å². The average molecular weight is 606 g/mol. The van der Waals surface area contributed by atoms with Gasteiger partial charge in [-0.25, -0.2) is 4.79 Å². The number of anilines is 1. The standard InChI is InChI=1S/C38H43N3O4/c1-6-26-16-18-29(19-17-26)34(35(42)39-31-21-20-28-14-10-11-15-30(28)24-31)41(33-22-25(33)2)36(43)32(23-27-12-8-7-9-13-27)40-37(44)45-38(3,4)5/h7-21,24-25,32-34H,6,22-23H2,1-5H3,(H,39,42)(H,40,44). The quantitative estimate of drug-likeness (QED) is 0.197. The molecule has 1 aliphatic rings. The first-order valence-electron chi connectivity index (χ1n) is 15.8. The SMILES string of the molecule is CCc1ccc(C(C(=O)Nc2ccc3ccccc3c2)N(C(=O)C(Cc2ccccc2)NC(=O)OC(C)(C)C)C2CC2C)cc1. The van der Waals surface area contributed by atoms with Crippen LogP contribution in [0.5, 0.6) is 0 Å². The Morgan fingerprint density at radius 1 is 0.867 bits per heavy atom. The van der Waals surface area contributed by atoms with Crippen molar-refractivity contribution in [1.82, 2.24) is 10.2 Å². The second-order valence-electron chi connectivity index (χ2n) is 13.0. The van der Waals surface area contributed by atoms with Crippen LogP contribution in [0, 0.1) is 5.92 Å². The van der Waals surface area contributed by atoms with Crippen LogP contribution in [0.3, 0.4) is 0 Å². The van der Waals surface area contributed by atoms with E-state index in [2.05, 4.69) is 24.5 Å². The number of hydrogen-bond acceptors (Lipinski definition) is 4. The molecule has 0 aliphatic heterocycles. The summed E-state index contributed by atoms with van der Waals surface area (Å²) in [7, 11) is 0. The van der Waals surface area contributed by atoms with Crippen LogP contribution in [-0.4, -0.2) is 40.5 Å². The molecule has 1 fully saturated rings. The molecule has 4 atom stereocenters. The Labute approximate surface area is 266 Å². The van der Waals surface area contributed by atoms with E-state index in [9.17, 15) is 14.4 Å². The molecular formula is C38H43N3O4. The maximum atomic E-state index is 14.7. The van der Waals surface area contributed by atoms with E-state index in [1.165, 1.54) is 0 Å². The van der Waals surface area contributed by atoms with Gasteiger partial charge in [-0.15, -0.1) is 0 Å². The van der Waals surface area contributed by atoms with Gasteiger partial charge in [-0.3, -0.25) is 9.59 Å². The number of amides is 3. The Hall–Kier alpha value is -4.65. The molecule has 45 heavy (non-hydrogen) atoms. The minimum atomic E-state index is -0.944. The number of nitrogens with zero attached hydrogens (tertiary/aromatic N) is 1. The van der Waals surface area contributed by atoms with Crippen LogP contribution >= 0.6 is 0 Å². The van der Waals surface area contributed by atoms with Crippen LogP contribution in [-0.2, 0) is 27.2 Å². The molecule has 3 amide bonds. The third kappa shape index (κ3) is 8.09. The molecule has 7 nitrogen and oxygen atoms in total. The Morgan fingerprint density at radius 3 is 2.13 bits per heavy atom. The number of nitrogens with one attached hydrogen (secondary N) is 2. The van der Waals surface area contributed by atoms with Crippen molar-refractivity contribution < 1.29 is 19.1 Å². The lowest BCUT2D eigenvalue weighted by molar-refractivity contribution is -0.141. The molecule has 4 aromatic carbocycles. The fourth-order valence-corrected chi connectivity index (χ4v) is 5.70. The van der Waals surface area contributed by atoms with Crippen molar-refractivity contribution in [2.45, 2.75) is 77.6 Å². The van der Waals surface area contributed by atoms with Gasteiger partial charge in [-0.2, -0.15) is 0 Å². The predicted octanol–water partition coefficient (Wildman–Crippen LogP) is 7.46. The first kappa shape index (κ1) is 31.8. The minimum absolute atomic E-state index is 0.158. The molecule has 0 radical (unpaired) electrons. The molecule has 4 aromatic rings. The molecule has 7 heteroatoms. The molecule has 0 saturated heterocycles. The van der Waals surface area contributed by atoms with Crippen molar-refractivity contribution in [2.24, 2.45) is 5.92 Å². The van der Waals surface area contributed by atoms with Gasteiger partial charge in [-0.1, -0.05) is 98.8 Å². The summed E-state index contributed by atoms with van der Waals surface area (Å²) < 4.78 is 5.57. The lowest BCUT2D eigenvalue weighted by Crippen LogP contribution is -2.54. The molecule has 2 N–H and O–H groups in total. The molecule has 1 saturated carbocycles. The van der Waals surface area contributed by atoms with Crippen LogP contribution < -0.4 is 10.6 Å².